The van der Waals surface area contributed by atoms with E-state index in [4.69, 9.17) is 9.47 Å². The van der Waals surface area contributed by atoms with Gasteiger partial charge in [0.1, 0.15) is 6.61 Å². The molecule has 0 atom stereocenters. The summed E-state index contributed by atoms with van der Waals surface area (Å²) in [5.74, 6) is 0.609. The zero-order valence-corrected chi connectivity index (χ0v) is 17.3. The molecule has 2 amide bonds. The van der Waals surface area contributed by atoms with Crippen molar-refractivity contribution in [3.8, 4) is 0 Å². The minimum atomic E-state index is -0.101. The van der Waals surface area contributed by atoms with Gasteiger partial charge in [-0.2, -0.15) is 0 Å². The molecule has 0 heterocycles. The lowest BCUT2D eigenvalue weighted by atomic mass is 10.1. The third-order valence-electron chi connectivity index (χ3n) is 3.71. The standard InChI is InChI=1S/C19H39N3O4/c1-16(2)8-14-25-13-6-7-18(23)20-9-11-22(5)12-10-21-19(24)15-26-17(3)4/h16-17H,6-15H2,1-5H3,(H,20,23)(H,21,24). The first-order chi connectivity index (χ1) is 12.3. The minimum absolute atomic E-state index is 0.0543. The Labute approximate surface area is 159 Å². The number of likely N-dealkylation sites (N-methyl/N-ethyl adjacent to an activating group) is 1. The predicted molar refractivity (Wildman–Crippen MR) is 104 cm³/mol. The van der Waals surface area contributed by atoms with Gasteiger partial charge in [0.05, 0.1) is 6.10 Å². The maximum atomic E-state index is 11.7. The number of rotatable bonds is 16. The lowest BCUT2D eigenvalue weighted by molar-refractivity contribution is -0.127. The van der Waals surface area contributed by atoms with Gasteiger partial charge in [0.2, 0.25) is 11.8 Å². The Hall–Kier alpha value is -1.18. The number of nitrogens with one attached hydrogen (secondary N) is 2. The summed E-state index contributed by atoms with van der Waals surface area (Å²) in [6, 6.07) is 0. The van der Waals surface area contributed by atoms with Crippen molar-refractivity contribution in [2.24, 2.45) is 5.92 Å². The Morgan fingerprint density at radius 3 is 2.15 bits per heavy atom. The molecule has 0 aromatic rings. The SMILES string of the molecule is CC(C)CCOCCCC(=O)NCCN(C)CCNC(=O)COC(C)C. The van der Waals surface area contributed by atoms with Crippen LogP contribution in [-0.2, 0) is 19.1 Å². The van der Waals surface area contributed by atoms with E-state index in [2.05, 4.69) is 29.4 Å². The molecule has 154 valence electrons. The average molecular weight is 374 g/mol. The van der Waals surface area contributed by atoms with E-state index in [0.29, 0.717) is 32.0 Å². The second kappa shape index (κ2) is 16.0. The fourth-order valence-corrected chi connectivity index (χ4v) is 2.02. The zero-order chi connectivity index (χ0) is 19.8. The molecule has 0 aliphatic rings. The highest BCUT2D eigenvalue weighted by Crippen LogP contribution is 1.99. The van der Waals surface area contributed by atoms with E-state index in [1.807, 2.05) is 20.9 Å². The van der Waals surface area contributed by atoms with E-state index in [0.717, 1.165) is 32.5 Å². The van der Waals surface area contributed by atoms with Crippen molar-refractivity contribution in [3.05, 3.63) is 0 Å². The van der Waals surface area contributed by atoms with Gasteiger partial charge in [-0.15, -0.1) is 0 Å². The normalized spacial score (nSPS) is 11.4. The van der Waals surface area contributed by atoms with Crippen LogP contribution in [0.2, 0.25) is 0 Å². The summed E-state index contributed by atoms with van der Waals surface area (Å²) >= 11 is 0. The maximum absolute atomic E-state index is 11.7. The third kappa shape index (κ3) is 17.6. The Morgan fingerprint density at radius 2 is 1.58 bits per heavy atom. The first-order valence-corrected chi connectivity index (χ1v) is 9.72. The largest absolute Gasteiger partial charge is 0.381 e. The van der Waals surface area contributed by atoms with Crippen LogP contribution in [0.3, 0.4) is 0 Å². The van der Waals surface area contributed by atoms with Crippen molar-refractivity contribution in [2.45, 2.75) is 53.1 Å². The summed E-state index contributed by atoms with van der Waals surface area (Å²) in [6.45, 7) is 12.3. The summed E-state index contributed by atoms with van der Waals surface area (Å²) in [7, 11) is 1.96. The molecule has 0 aromatic heterocycles. The van der Waals surface area contributed by atoms with E-state index in [-0.39, 0.29) is 24.5 Å². The molecule has 0 fully saturated rings. The first-order valence-electron chi connectivity index (χ1n) is 9.72. The number of amides is 2. The highest BCUT2D eigenvalue weighted by molar-refractivity contribution is 5.77. The number of nitrogens with zero attached hydrogens (tertiary/aromatic N) is 1. The van der Waals surface area contributed by atoms with Crippen LogP contribution in [-0.4, -0.2) is 75.9 Å². The van der Waals surface area contributed by atoms with E-state index < -0.39 is 0 Å². The lowest BCUT2D eigenvalue weighted by Gasteiger charge is -2.17. The van der Waals surface area contributed by atoms with E-state index >= 15 is 0 Å². The highest BCUT2D eigenvalue weighted by atomic mass is 16.5. The number of carbonyl (C=O) groups is 2. The van der Waals surface area contributed by atoms with E-state index in [9.17, 15) is 9.59 Å². The number of carbonyl (C=O) groups excluding carboxylic acids is 2. The number of hydrogen-bond donors (Lipinski definition) is 2. The Balaban J connectivity index is 3.50. The van der Waals surface area contributed by atoms with Gasteiger partial charge in [0, 0.05) is 45.8 Å². The lowest BCUT2D eigenvalue weighted by Crippen LogP contribution is -2.38. The van der Waals surface area contributed by atoms with Crippen molar-refractivity contribution in [2.75, 3.05) is 53.0 Å². The molecular weight excluding hydrogens is 334 g/mol. The van der Waals surface area contributed by atoms with Gasteiger partial charge in [0.25, 0.3) is 0 Å². The second-order valence-electron chi connectivity index (χ2n) is 7.26. The van der Waals surface area contributed by atoms with Crippen molar-refractivity contribution >= 4 is 11.8 Å². The predicted octanol–water partition coefficient (Wildman–Crippen LogP) is 1.42. The quantitative estimate of drug-likeness (QED) is 0.400. The monoisotopic (exact) mass is 373 g/mol. The fraction of sp³-hybridized carbons (Fsp3) is 0.895. The average Bonchev–Trinajstić information content (AvgIpc) is 2.55. The van der Waals surface area contributed by atoms with Crippen molar-refractivity contribution in [1.82, 2.24) is 15.5 Å². The molecule has 0 aliphatic heterocycles. The van der Waals surface area contributed by atoms with Crippen LogP contribution in [0.1, 0.15) is 47.0 Å². The summed E-state index contributed by atoms with van der Waals surface area (Å²) in [5.41, 5.74) is 0. The van der Waals surface area contributed by atoms with Crippen LogP contribution in [0.25, 0.3) is 0 Å². The molecule has 7 nitrogen and oxygen atoms in total. The molecule has 7 heteroatoms. The first kappa shape index (κ1) is 24.8. The molecule has 2 N–H and O–H groups in total. The Morgan fingerprint density at radius 1 is 0.962 bits per heavy atom. The van der Waals surface area contributed by atoms with Crippen LogP contribution >= 0.6 is 0 Å². The second-order valence-corrected chi connectivity index (χ2v) is 7.26. The molecule has 0 unspecified atom stereocenters. The molecule has 0 bridgehead atoms. The van der Waals surface area contributed by atoms with Crippen molar-refractivity contribution < 1.29 is 19.1 Å². The molecule has 0 radical (unpaired) electrons. The van der Waals surface area contributed by atoms with Crippen molar-refractivity contribution in [3.63, 3.8) is 0 Å². The molecule has 0 saturated carbocycles. The van der Waals surface area contributed by atoms with E-state index in [1.54, 1.807) is 0 Å². The summed E-state index contributed by atoms with van der Waals surface area (Å²) in [6.07, 6.45) is 2.37. The summed E-state index contributed by atoms with van der Waals surface area (Å²) in [5, 5.41) is 5.72. The zero-order valence-electron chi connectivity index (χ0n) is 17.3. The summed E-state index contributed by atoms with van der Waals surface area (Å²) in [4.78, 5) is 25.3. The Bertz CT molecular complexity index is 376. The van der Waals surface area contributed by atoms with Crippen LogP contribution in [0.5, 0.6) is 0 Å². The molecule has 0 aromatic carbocycles. The Kier molecular flexibility index (Phi) is 15.3. The molecule has 26 heavy (non-hydrogen) atoms. The van der Waals surface area contributed by atoms with Crippen LogP contribution < -0.4 is 10.6 Å². The van der Waals surface area contributed by atoms with Gasteiger partial charge in [-0.25, -0.2) is 0 Å². The van der Waals surface area contributed by atoms with Gasteiger partial charge in [0.15, 0.2) is 0 Å². The van der Waals surface area contributed by atoms with Gasteiger partial charge in [-0.3, -0.25) is 9.59 Å². The van der Waals surface area contributed by atoms with Crippen LogP contribution in [0.4, 0.5) is 0 Å². The smallest absolute Gasteiger partial charge is 0.246 e. The highest BCUT2D eigenvalue weighted by Gasteiger charge is 2.05. The molecular formula is C19H39N3O4. The van der Waals surface area contributed by atoms with E-state index in [1.165, 1.54) is 0 Å². The topological polar surface area (TPSA) is 79.9 Å². The third-order valence-corrected chi connectivity index (χ3v) is 3.71. The van der Waals surface area contributed by atoms with Crippen molar-refractivity contribution in [1.29, 1.82) is 0 Å². The number of ether oxygens (including phenoxy) is 2. The molecule has 0 spiro atoms. The van der Waals surface area contributed by atoms with Crippen LogP contribution in [0, 0.1) is 5.92 Å². The van der Waals surface area contributed by atoms with Gasteiger partial charge >= 0.3 is 0 Å². The minimum Gasteiger partial charge on any atom is -0.381 e. The molecule has 0 aliphatic carbocycles. The van der Waals surface area contributed by atoms with Gasteiger partial charge in [-0.05, 0) is 39.7 Å². The van der Waals surface area contributed by atoms with Gasteiger partial charge < -0.3 is 25.0 Å². The molecule has 0 rings (SSSR count). The fourth-order valence-electron chi connectivity index (χ4n) is 2.02. The summed E-state index contributed by atoms with van der Waals surface area (Å²) < 4.78 is 10.7. The molecule has 0 saturated heterocycles. The van der Waals surface area contributed by atoms with Crippen LogP contribution in [0.15, 0.2) is 0 Å². The van der Waals surface area contributed by atoms with Gasteiger partial charge in [-0.1, -0.05) is 13.8 Å². The number of hydrogen-bond acceptors (Lipinski definition) is 5. The maximum Gasteiger partial charge on any atom is 0.246 e.